The van der Waals surface area contributed by atoms with Crippen molar-refractivity contribution in [1.29, 1.82) is 0 Å². The van der Waals surface area contributed by atoms with Crippen molar-refractivity contribution in [3.63, 3.8) is 0 Å². The summed E-state index contributed by atoms with van der Waals surface area (Å²) in [4.78, 5) is 12.1. The van der Waals surface area contributed by atoms with Crippen LogP contribution in [0, 0.1) is 19.7 Å². The quantitative estimate of drug-likeness (QED) is 0.868. The minimum absolute atomic E-state index is 0.0936. The van der Waals surface area contributed by atoms with Gasteiger partial charge in [-0.25, -0.2) is 4.39 Å². The number of phenolic OH excluding ortho intramolecular Hbond substituents is 1. The van der Waals surface area contributed by atoms with Crippen LogP contribution in [0.15, 0.2) is 36.4 Å². The second-order valence-corrected chi connectivity index (χ2v) is 4.39. The van der Waals surface area contributed by atoms with Gasteiger partial charge < -0.3 is 10.4 Å². The number of hydrogen-bond donors (Lipinski definition) is 2. The van der Waals surface area contributed by atoms with Gasteiger partial charge in [0.1, 0.15) is 11.6 Å². The number of carbonyl (C=O) groups excluding carboxylic acids is 1. The predicted octanol–water partition coefficient (Wildman–Crippen LogP) is 3.40. The van der Waals surface area contributed by atoms with Crippen LogP contribution in [0.5, 0.6) is 5.75 Å². The lowest BCUT2D eigenvalue weighted by Crippen LogP contribution is -2.15. The van der Waals surface area contributed by atoms with Gasteiger partial charge in [-0.05, 0) is 49.2 Å². The van der Waals surface area contributed by atoms with E-state index in [1.54, 1.807) is 26.0 Å². The Hall–Kier alpha value is -2.36. The highest BCUT2D eigenvalue weighted by Gasteiger charge is 2.13. The lowest BCUT2D eigenvalue weighted by Gasteiger charge is -2.11. The zero-order chi connectivity index (χ0) is 14.0. The fourth-order valence-corrected chi connectivity index (χ4v) is 1.87. The van der Waals surface area contributed by atoms with E-state index in [0.29, 0.717) is 16.7 Å². The van der Waals surface area contributed by atoms with Crippen LogP contribution in [0.1, 0.15) is 21.5 Å². The van der Waals surface area contributed by atoms with E-state index < -0.39 is 11.7 Å². The molecule has 0 aliphatic heterocycles. The first-order valence-electron chi connectivity index (χ1n) is 5.85. The topological polar surface area (TPSA) is 49.3 Å². The van der Waals surface area contributed by atoms with Crippen molar-refractivity contribution in [2.24, 2.45) is 0 Å². The van der Waals surface area contributed by atoms with Crippen molar-refractivity contribution >= 4 is 11.6 Å². The minimum Gasteiger partial charge on any atom is -0.508 e. The van der Waals surface area contributed by atoms with Crippen LogP contribution in [-0.2, 0) is 0 Å². The zero-order valence-corrected chi connectivity index (χ0v) is 10.7. The van der Waals surface area contributed by atoms with Crippen LogP contribution >= 0.6 is 0 Å². The van der Waals surface area contributed by atoms with Gasteiger partial charge in [-0.15, -0.1) is 0 Å². The van der Waals surface area contributed by atoms with Gasteiger partial charge in [-0.3, -0.25) is 4.79 Å². The van der Waals surface area contributed by atoms with E-state index >= 15 is 0 Å². The van der Waals surface area contributed by atoms with Crippen LogP contribution in [0.4, 0.5) is 10.1 Å². The summed E-state index contributed by atoms with van der Waals surface area (Å²) in [5.74, 6) is -0.772. The van der Waals surface area contributed by atoms with Crippen LogP contribution in [0.25, 0.3) is 0 Å². The molecule has 2 rings (SSSR count). The van der Waals surface area contributed by atoms with E-state index in [1.165, 1.54) is 24.3 Å². The number of carbonyl (C=O) groups is 1. The lowest BCUT2D eigenvalue weighted by molar-refractivity contribution is 0.102. The molecule has 0 bridgehead atoms. The summed E-state index contributed by atoms with van der Waals surface area (Å²) < 4.78 is 13.6. The van der Waals surface area contributed by atoms with Gasteiger partial charge in [0.2, 0.25) is 0 Å². The summed E-state index contributed by atoms with van der Waals surface area (Å²) in [7, 11) is 0. The first kappa shape index (κ1) is 13.1. The number of halogens is 1. The molecule has 0 aliphatic carbocycles. The van der Waals surface area contributed by atoms with Crippen molar-refractivity contribution in [2.75, 3.05) is 5.32 Å². The van der Waals surface area contributed by atoms with Gasteiger partial charge in [0, 0.05) is 5.56 Å². The molecule has 0 heterocycles. The number of rotatable bonds is 2. The third-order valence-corrected chi connectivity index (χ3v) is 2.92. The van der Waals surface area contributed by atoms with Gasteiger partial charge in [0.25, 0.3) is 5.91 Å². The lowest BCUT2D eigenvalue weighted by atomic mass is 10.1. The van der Waals surface area contributed by atoms with E-state index in [4.69, 9.17) is 0 Å². The summed E-state index contributed by atoms with van der Waals surface area (Å²) in [6.45, 7) is 3.44. The number of benzene rings is 2. The monoisotopic (exact) mass is 259 g/mol. The normalized spacial score (nSPS) is 10.3. The third-order valence-electron chi connectivity index (χ3n) is 2.92. The van der Waals surface area contributed by atoms with Gasteiger partial charge in [0.15, 0.2) is 0 Å². The van der Waals surface area contributed by atoms with Crippen molar-refractivity contribution in [2.45, 2.75) is 13.8 Å². The second kappa shape index (κ2) is 5.10. The minimum atomic E-state index is -0.468. The van der Waals surface area contributed by atoms with Crippen LogP contribution in [0.2, 0.25) is 0 Å². The highest BCUT2D eigenvalue weighted by atomic mass is 19.1. The summed E-state index contributed by atoms with van der Waals surface area (Å²) >= 11 is 0. The van der Waals surface area contributed by atoms with Gasteiger partial charge >= 0.3 is 0 Å². The summed E-state index contributed by atoms with van der Waals surface area (Å²) in [5.41, 5.74) is 1.87. The highest BCUT2D eigenvalue weighted by molar-refractivity contribution is 6.05. The molecule has 3 nitrogen and oxygen atoms in total. The van der Waals surface area contributed by atoms with E-state index in [-0.39, 0.29) is 11.4 Å². The Morgan fingerprint density at radius 1 is 1.16 bits per heavy atom. The Bertz CT molecular complexity index is 618. The second-order valence-electron chi connectivity index (χ2n) is 4.39. The number of aryl methyl sites for hydroxylation is 2. The van der Waals surface area contributed by atoms with E-state index in [2.05, 4.69) is 5.32 Å². The molecule has 2 N–H and O–H groups in total. The summed E-state index contributed by atoms with van der Waals surface area (Å²) in [6, 6.07) is 9.04. The average molecular weight is 259 g/mol. The molecule has 0 atom stereocenters. The SMILES string of the molecule is Cc1cc(O)ccc1C(=O)Nc1c(C)cccc1F. The Morgan fingerprint density at radius 2 is 1.89 bits per heavy atom. The molecule has 0 aliphatic rings. The maximum Gasteiger partial charge on any atom is 0.256 e. The number of phenols is 1. The average Bonchev–Trinajstić information content (AvgIpc) is 2.33. The van der Waals surface area contributed by atoms with Crippen LogP contribution < -0.4 is 5.32 Å². The number of para-hydroxylation sites is 1. The molecule has 0 fully saturated rings. The molecule has 19 heavy (non-hydrogen) atoms. The molecule has 0 radical (unpaired) electrons. The first-order valence-corrected chi connectivity index (χ1v) is 5.85. The first-order chi connectivity index (χ1) is 8.99. The Kier molecular flexibility index (Phi) is 3.51. The van der Waals surface area contributed by atoms with E-state index in [0.717, 1.165) is 0 Å². The highest BCUT2D eigenvalue weighted by Crippen LogP contribution is 2.21. The van der Waals surface area contributed by atoms with Crippen molar-refractivity contribution in [3.05, 3.63) is 58.9 Å². The predicted molar refractivity (Wildman–Crippen MR) is 71.9 cm³/mol. The largest absolute Gasteiger partial charge is 0.508 e. The molecule has 2 aromatic carbocycles. The molecule has 0 unspecified atom stereocenters. The van der Waals surface area contributed by atoms with Crippen LogP contribution in [0.3, 0.4) is 0 Å². The third kappa shape index (κ3) is 2.73. The fourth-order valence-electron chi connectivity index (χ4n) is 1.87. The Balaban J connectivity index is 2.31. The number of nitrogens with one attached hydrogen (secondary N) is 1. The van der Waals surface area contributed by atoms with E-state index in [1.807, 2.05) is 0 Å². The van der Waals surface area contributed by atoms with Gasteiger partial charge in [-0.2, -0.15) is 0 Å². The molecular formula is C15H14FNO2. The molecule has 98 valence electrons. The number of aromatic hydroxyl groups is 1. The Morgan fingerprint density at radius 3 is 2.53 bits per heavy atom. The number of anilines is 1. The molecule has 0 saturated heterocycles. The fraction of sp³-hybridized carbons (Fsp3) is 0.133. The van der Waals surface area contributed by atoms with Gasteiger partial charge in [0.05, 0.1) is 5.69 Å². The smallest absolute Gasteiger partial charge is 0.256 e. The molecule has 1 amide bonds. The van der Waals surface area contributed by atoms with Crippen molar-refractivity contribution < 1.29 is 14.3 Å². The summed E-state index contributed by atoms with van der Waals surface area (Å²) in [6.07, 6.45) is 0. The molecule has 0 spiro atoms. The molecular weight excluding hydrogens is 245 g/mol. The number of hydrogen-bond acceptors (Lipinski definition) is 2. The maximum absolute atomic E-state index is 13.6. The maximum atomic E-state index is 13.6. The van der Waals surface area contributed by atoms with Gasteiger partial charge in [-0.1, -0.05) is 12.1 Å². The Labute approximate surface area is 110 Å². The molecule has 2 aromatic rings. The molecule has 0 aromatic heterocycles. The summed E-state index contributed by atoms with van der Waals surface area (Å²) in [5, 5.41) is 11.9. The van der Waals surface area contributed by atoms with Crippen molar-refractivity contribution in [3.8, 4) is 5.75 Å². The van der Waals surface area contributed by atoms with Crippen LogP contribution in [-0.4, -0.2) is 11.0 Å². The standard InChI is InChI=1S/C15H14FNO2/c1-9-4-3-5-13(16)14(9)17-15(19)12-7-6-11(18)8-10(12)2/h3-8,18H,1-2H3,(H,17,19). The number of amides is 1. The van der Waals surface area contributed by atoms with Crippen molar-refractivity contribution in [1.82, 2.24) is 0 Å². The zero-order valence-electron chi connectivity index (χ0n) is 10.7. The molecule has 0 saturated carbocycles. The molecule has 4 heteroatoms. The van der Waals surface area contributed by atoms with E-state index in [9.17, 15) is 14.3 Å².